The Balaban J connectivity index is 2.89. The van der Waals surface area contributed by atoms with Crippen LogP contribution in [0.5, 0.6) is 0 Å². The van der Waals surface area contributed by atoms with Crippen LogP contribution in [0.4, 0.5) is 4.39 Å². The molecule has 78 valence electrons. The molecule has 1 unspecified atom stereocenters. The zero-order valence-electron chi connectivity index (χ0n) is 8.30. The molecule has 0 fully saturated rings. The average molecular weight is 261 g/mol. The maximum Gasteiger partial charge on any atom is 0.132 e. The molecule has 0 heterocycles. The number of hydrogen-bond acceptors (Lipinski definition) is 1. The number of hydrogen-bond donors (Lipinski definition) is 1. The fourth-order valence-electron chi connectivity index (χ4n) is 1.16. The van der Waals surface area contributed by atoms with E-state index in [0.717, 1.165) is 4.47 Å². The number of benzene rings is 1. The quantitative estimate of drug-likeness (QED) is 0.883. The van der Waals surface area contributed by atoms with Gasteiger partial charge in [-0.1, -0.05) is 41.9 Å². The summed E-state index contributed by atoms with van der Waals surface area (Å²) >= 11 is 3.29. The van der Waals surface area contributed by atoms with Crippen LogP contribution in [0.1, 0.15) is 25.6 Å². The number of aliphatic hydroxyl groups excluding tert-OH is 1. The molecule has 1 atom stereocenters. The van der Waals surface area contributed by atoms with Crippen molar-refractivity contribution < 1.29 is 9.50 Å². The zero-order chi connectivity index (χ0) is 10.8. The zero-order valence-corrected chi connectivity index (χ0v) is 9.88. The molecule has 1 rings (SSSR count). The highest BCUT2D eigenvalue weighted by molar-refractivity contribution is 9.10. The molecule has 0 amide bonds. The second kappa shape index (κ2) is 4.41. The SMILES string of the molecule is CC(C)(CO)C(F)c1ccc(Br)cc1. The Labute approximate surface area is 92.1 Å². The fourth-order valence-corrected chi connectivity index (χ4v) is 1.43. The van der Waals surface area contributed by atoms with Crippen molar-refractivity contribution in [3.63, 3.8) is 0 Å². The maximum absolute atomic E-state index is 13.9. The molecule has 0 spiro atoms. The van der Waals surface area contributed by atoms with Crippen molar-refractivity contribution in [2.45, 2.75) is 20.0 Å². The molecule has 0 saturated heterocycles. The highest BCUT2D eigenvalue weighted by Gasteiger charge is 2.29. The van der Waals surface area contributed by atoms with E-state index in [0.29, 0.717) is 5.56 Å². The van der Waals surface area contributed by atoms with E-state index in [1.54, 1.807) is 38.1 Å². The van der Waals surface area contributed by atoms with E-state index in [2.05, 4.69) is 15.9 Å². The lowest BCUT2D eigenvalue weighted by molar-refractivity contribution is 0.0664. The minimum atomic E-state index is -1.14. The lowest BCUT2D eigenvalue weighted by Crippen LogP contribution is -2.23. The number of halogens is 2. The van der Waals surface area contributed by atoms with Gasteiger partial charge in [-0.25, -0.2) is 4.39 Å². The van der Waals surface area contributed by atoms with Crippen LogP contribution in [0.3, 0.4) is 0 Å². The maximum atomic E-state index is 13.9. The standard InChI is InChI=1S/C11H14BrFO/c1-11(2,7-14)10(13)8-3-5-9(12)6-4-8/h3-6,10,14H,7H2,1-2H3. The second-order valence-electron chi connectivity index (χ2n) is 4.06. The Bertz CT molecular complexity index is 295. The smallest absolute Gasteiger partial charge is 0.132 e. The summed E-state index contributed by atoms with van der Waals surface area (Å²) in [5.74, 6) is 0. The summed E-state index contributed by atoms with van der Waals surface area (Å²) in [5.41, 5.74) is -0.124. The second-order valence-corrected chi connectivity index (χ2v) is 4.98. The van der Waals surface area contributed by atoms with Crippen molar-refractivity contribution in [1.29, 1.82) is 0 Å². The van der Waals surface area contributed by atoms with Gasteiger partial charge >= 0.3 is 0 Å². The predicted octanol–water partition coefficient (Wildman–Crippen LogP) is 3.48. The summed E-state index contributed by atoms with van der Waals surface area (Å²) in [5, 5.41) is 9.03. The highest BCUT2D eigenvalue weighted by atomic mass is 79.9. The van der Waals surface area contributed by atoms with Gasteiger partial charge < -0.3 is 5.11 Å². The van der Waals surface area contributed by atoms with Gasteiger partial charge in [0, 0.05) is 9.89 Å². The van der Waals surface area contributed by atoms with Crippen LogP contribution in [0, 0.1) is 5.41 Å². The van der Waals surface area contributed by atoms with Crippen molar-refractivity contribution >= 4 is 15.9 Å². The molecule has 0 aliphatic heterocycles. The van der Waals surface area contributed by atoms with Crippen molar-refractivity contribution in [3.8, 4) is 0 Å². The Morgan fingerprint density at radius 1 is 1.36 bits per heavy atom. The lowest BCUT2D eigenvalue weighted by atomic mass is 9.85. The van der Waals surface area contributed by atoms with Gasteiger partial charge in [0.2, 0.25) is 0 Å². The first-order valence-corrected chi connectivity index (χ1v) is 5.27. The molecule has 1 nitrogen and oxygen atoms in total. The van der Waals surface area contributed by atoms with Gasteiger partial charge in [0.1, 0.15) is 6.17 Å². The molecule has 0 bridgehead atoms. The lowest BCUT2D eigenvalue weighted by Gasteiger charge is -2.26. The van der Waals surface area contributed by atoms with Crippen LogP contribution >= 0.6 is 15.9 Å². The molecule has 1 aromatic rings. The summed E-state index contributed by atoms with van der Waals surface area (Å²) in [6.45, 7) is 3.25. The van der Waals surface area contributed by atoms with Crippen molar-refractivity contribution in [3.05, 3.63) is 34.3 Å². The van der Waals surface area contributed by atoms with Gasteiger partial charge in [0.05, 0.1) is 6.61 Å². The van der Waals surface area contributed by atoms with Crippen LogP contribution in [0.25, 0.3) is 0 Å². The number of aliphatic hydroxyl groups is 1. The van der Waals surface area contributed by atoms with Crippen LogP contribution in [-0.2, 0) is 0 Å². The summed E-state index contributed by atoms with van der Waals surface area (Å²) in [7, 11) is 0. The average Bonchev–Trinajstić information content (AvgIpc) is 2.18. The van der Waals surface area contributed by atoms with Gasteiger partial charge in [-0.2, -0.15) is 0 Å². The third-order valence-electron chi connectivity index (χ3n) is 2.26. The largest absolute Gasteiger partial charge is 0.396 e. The molecule has 3 heteroatoms. The molecular formula is C11H14BrFO. The first-order chi connectivity index (χ1) is 6.47. The van der Waals surface area contributed by atoms with E-state index in [1.807, 2.05) is 0 Å². The fraction of sp³-hybridized carbons (Fsp3) is 0.455. The van der Waals surface area contributed by atoms with Crippen LogP contribution in [0.2, 0.25) is 0 Å². The van der Waals surface area contributed by atoms with Gasteiger partial charge in [0.25, 0.3) is 0 Å². The molecule has 1 aromatic carbocycles. The Morgan fingerprint density at radius 3 is 2.29 bits per heavy atom. The van der Waals surface area contributed by atoms with Crippen molar-refractivity contribution in [2.75, 3.05) is 6.61 Å². The van der Waals surface area contributed by atoms with Crippen LogP contribution in [-0.4, -0.2) is 11.7 Å². The van der Waals surface area contributed by atoms with E-state index >= 15 is 0 Å². The molecule has 1 N–H and O–H groups in total. The highest BCUT2D eigenvalue weighted by Crippen LogP contribution is 2.36. The minimum absolute atomic E-state index is 0.162. The summed E-state index contributed by atoms with van der Waals surface area (Å²) < 4.78 is 14.8. The van der Waals surface area contributed by atoms with E-state index in [9.17, 15) is 4.39 Å². The molecule has 14 heavy (non-hydrogen) atoms. The van der Waals surface area contributed by atoms with E-state index in [4.69, 9.17) is 5.11 Å². The molecule has 0 aliphatic rings. The minimum Gasteiger partial charge on any atom is -0.396 e. The van der Waals surface area contributed by atoms with Crippen LogP contribution < -0.4 is 0 Å². The Kier molecular flexibility index (Phi) is 3.67. The first kappa shape index (κ1) is 11.7. The first-order valence-electron chi connectivity index (χ1n) is 4.48. The number of alkyl halides is 1. The van der Waals surface area contributed by atoms with Crippen molar-refractivity contribution in [2.24, 2.45) is 5.41 Å². The Morgan fingerprint density at radius 2 is 1.86 bits per heavy atom. The van der Waals surface area contributed by atoms with Crippen molar-refractivity contribution in [1.82, 2.24) is 0 Å². The summed E-state index contributed by atoms with van der Waals surface area (Å²) in [4.78, 5) is 0. The normalized spacial score (nSPS) is 14.1. The van der Waals surface area contributed by atoms with E-state index < -0.39 is 11.6 Å². The molecule has 0 aromatic heterocycles. The topological polar surface area (TPSA) is 20.2 Å². The number of rotatable bonds is 3. The van der Waals surface area contributed by atoms with E-state index in [1.165, 1.54) is 0 Å². The van der Waals surface area contributed by atoms with Crippen LogP contribution in [0.15, 0.2) is 28.7 Å². The predicted molar refractivity (Wildman–Crippen MR) is 58.9 cm³/mol. The summed E-state index contributed by atoms with van der Waals surface area (Å²) in [6, 6.07) is 7.06. The molecule has 0 aliphatic carbocycles. The Hall–Kier alpha value is -0.410. The molecular weight excluding hydrogens is 247 g/mol. The monoisotopic (exact) mass is 260 g/mol. The molecule has 0 radical (unpaired) electrons. The van der Waals surface area contributed by atoms with Gasteiger partial charge in [-0.3, -0.25) is 0 Å². The van der Waals surface area contributed by atoms with Gasteiger partial charge in [-0.15, -0.1) is 0 Å². The summed E-state index contributed by atoms with van der Waals surface area (Å²) in [6.07, 6.45) is -1.14. The molecule has 0 saturated carbocycles. The van der Waals surface area contributed by atoms with E-state index in [-0.39, 0.29) is 6.61 Å². The van der Waals surface area contributed by atoms with Gasteiger partial charge in [0.15, 0.2) is 0 Å². The van der Waals surface area contributed by atoms with Gasteiger partial charge in [-0.05, 0) is 17.7 Å². The third kappa shape index (κ3) is 2.55. The third-order valence-corrected chi connectivity index (χ3v) is 2.78.